The lowest BCUT2D eigenvalue weighted by atomic mass is 9.87. The summed E-state index contributed by atoms with van der Waals surface area (Å²) in [4.78, 5) is 16.2. The van der Waals surface area contributed by atoms with Gasteiger partial charge in [-0.15, -0.1) is 0 Å². The zero-order valence-electron chi connectivity index (χ0n) is 14.4. The van der Waals surface area contributed by atoms with Crippen molar-refractivity contribution in [2.75, 3.05) is 6.54 Å². The molecule has 0 fully saturated rings. The molecule has 24 heavy (non-hydrogen) atoms. The van der Waals surface area contributed by atoms with E-state index in [-0.39, 0.29) is 11.4 Å². The average molecular weight is 331 g/mol. The largest absolute Gasteiger partial charge is 0.444 e. The molecule has 130 valence electrons. The third-order valence-electron chi connectivity index (χ3n) is 3.58. The zero-order chi connectivity index (χ0) is 17.6. The topological polar surface area (TPSA) is 87.4 Å². The fourth-order valence-corrected chi connectivity index (χ4v) is 2.53. The van der Waals surface area contributed by atoms with E-state index >= 15 is 0 Å². The van der Waals surface area contributed by atoms with Gasteiger partial charge in [-0.05, 0) is 30.9 Å². The number of carbonyl (C=O) groups excluding carboxylic acids is 1. The van der Waals surface area contributed by atoms with Crippen molar-refractivity contribution < 1.29 is 14.3 Å². The Balaban J connectivity index is 1.79. The maximum absolute atomic E-state index is 11.9. The van der Waals surface area contributed by atoms with Crippen LogP contribution in [0.5, 0.6) is 0 Å². The summed E-state index contributed by atoms with van der Waals surface area (Å²) in [6, 6.07) is 9.33. The number of benzene rings is 1. The molecule has 0 saturated carbocycles. The molecule has 1 heterocycles. The van der Waals surface area contributed by atoms with E-state index < -0.39 is 6.10 Å². The lowest BCUT2D eigenvalue weighted by Crippen LogP contribution is -2.41. The number of aliphatic hydroxyl groups excluding tert-OH is 1. The van der Waals surface area contributed by atoms with E-state index in [1.54, 1.807) is 13.2 Å². The van der Waals surface area contributed by atoms with Crippen LogP contribution in [-0.4, -0.2) is 28.8 Å². The summed E-state index contributed by atoms with van der Waals surface area (Å²) in [5, 5.41) is 15.0. The van der Waals surface area contributed by atoms with Crippen molar-refractivity contribution >= 4 is 6.03 Å². The lowest BCUT2D eigenvalue weighted by molar-refractivity contribution is 0.129. The Morgan fingerprint density at radius 1 is 1.29 bits per heavy atom. The number of hydrogen-bond donors (Lipinski definition) is 3. The van der Waals surface area contributed by atoms with Gasteiger partial charge in [0.1, 0.15) is 6.26 Å². The third-order valence-corrected chi connectivity index (χ3v) is 3.58. The van der Waals surface area contributed by atoms with Crippen LogP contribution in [0.15, 0.2) is 41.0 Å². The number of carbonyl (C=O) groups is 1. The van der Waals surface area contributed by atoms with Crippen molar-refractivity contribution in [3.63, 3.8) is 0 Å². The van der Waals surface area contributed by atoms with Crippen LogP contribution >= 0.6 is 0 Å². The second-order valence-corrected chi connectivity index (χ2v) is 6.76. The SMILES string of the molecule is CC(O)CC(C)(C)CNC(=O)NCc1coc(-c2ccccc2)n1. The molecule has 0 radical (unpaired) electrons. The highest BCUT2D eigenvalue weighted by Gasteiger charge is 2.21. The number of oxazole rings is 1. The van der Waals surface area contributed by atoms with Crippen LogP contribution in [0.25, 0.3) is 11.5 Å². The molecule has 2 amide bonds. The molecule has 6 heteroatoms. The van der Waals surface area contributed by atoms with Crippen LogP contribution in [0.4, 0.5) is 4.79 Å². The highest BCUT2D eigenvalue weighted by molar-refractivity contribution is 5.73. The van der Waals surface area contributed by atoms with E-state index in [4.69, 9.17) is 4.42 Å². The molecule has 1 atom stereocenters. The Hall–Kier alpha value is -2.34. The molecule has 1 aromatic carbocycles. The van der Waals surface area contributed by atoms with Gasteiger partial charge in [0.25, 0.3) is 0 Å². The van der Waals surface area contributed by atoms with E-state index in [2.05, 4.69) is 15.6 Å². The number of aliphatic hydroxyl groups is 1. The predicted octanol–water partition coefficient (Wildman–Crippen LogP) is 2.94. The van der Waals surface area contributed by atoms with E-state index in [0.29, 0.717) is 31.1 Å². The van der Waals surface area contributed by atoms with Crippen LogP contribution < -0.4 is 10.6 Å². The number of rotatable bonds is 7. The lowest BCUT2D eigenvalue weighted by Gasteiger charge is -2.26. The maximum Gasteiger partial charge on any atom is 0.315 e. The number of aromatic nitrogens is 1. The average Bonchev–Trinajstić information content (AvgIpc) is 3.00. The van der Waals surface area contributed by atoms with E-state index in [1.807, 2.05) is 44.2 Å². The molecule has 0 saturated heterocycles. The van der Waals surface area contributed by atoms with E-state index in [9.17, 15) is 9.90 Å². The van der Waals surface area contributed by atoms with Crippen LogP contribution in [0, 0.1) is 5.41 Å². The van der Waals surface area contributed by atoms with Gasteiger partial charge in [0.15, 0.2) is 0 Å². The molecule has 2 aromatic rings. The second-order valence-electron chi connectivity index (χ2n) is 6.76. The van der Waals surface area contributed by atoms with Crippen molar-refractivity contribution in [3.05, 3.63) is 42.3 Å². The normalized spacial score (nSPS) is 12.7. The summed E-state index contributed by atoms with van der Waals surface area (Å²) >= 11 is 0. The molecule has 0 aliphatic rings. The van der Waals surface area contributed by atoms with Gasteiger partial charge < -0.3 is 20.2 Å². The quantitative estimate of drug-likeness (QED) is 0.728. The van der Waals surface area contributed by atoms with Crippen molar-refractivity contribution in [2.24, 2.45) is 5.41 Å². The van der Waals surface area contributed by atoms with Gasteiger partial charge in [-0.2, -0.15) is 0 Å². The summed E-state index contributed by atoms with van der Waals surface area (Å²) in [7, 11) is 0. The minimum Gasteiger partial charge on any atom is -0.444 e. The van der Waals surface area contributed by atoms with Crippen LogP contribution in [0.2, 0.25) is 0 Å². The first-order chi connectivity index (χ1) is 11.4. The Morgan fingerprint density at radius 3 is 2.67 bits per heavy atom. The zero-order valence-corrected chi connectivity index (χ0v) is 14.4. The summed E-state index contributed by atoms with van der Waals surface area (Å²) < 4.78 is 5.43. The van der Waals surface area contributed by atoms with E-state index in [0.717, 1.165) is 5.56 Å². The standard InChI is InChI=1S/C18H25N3O3/c1-13(22)9-18(2,3)12-20-17(23)19-10-15-11-24-16(21-15)14-7-5-4-6-8-14/h4-8,11,13,22H,9-10,12H2,1-3H3,(H2,19,20,23). The molecule has 6 nitrogen and oxygen atoms in total. The number of amides is 2. The van der Waals surface area contributed by atoms with Crippen molar-refractivity contribution in [3.8, 4) is 11.5 Å². The van der Waals surface area contributed by atoms with Crippen molar-refractivity contribution in [1.29, 1.82) is 0 Å². The Kier molecular flexibility index (Phi) is 5.98. The Labute approximate surface area is 142 Å². The number of nitrogens with zero attached hydrogens (tertiary/aromatic N) is 1. The first-order valence-electron chi connectivity index (χ1n) is 8.05. The summed E-state index contributed by atoms with van der Waals surface area (Å²) in [5.41, 5.74) is 1.39. The molecule has 1 unspecified atom stereocenters. The highest BCUT2D eigenvalue weighted by atomic mass is 16.3. The summed E-state index contributed by atoms with van der Waals surface area (Å²) in [6.45, 7) is 6.53. The highest BCUT2D eigenvalue weighted by Crippen LogP contribution is 2.21. The second kappa shape index (κ2) is 7.97. The molecule has 0 aliphatic heterocycles. The first-order valence-corrected chi connectivity index (χ1v) is 8.05. The van der Waals surface area contributed by atoms with Crippen molar-refractivity contribution in [1.82, 2.24) is 15.6 Å². The third kappa shape index (κ3) is 5.70. The number of hydrogen-bond acceptors (Lipinski definition) is 4. The van der Waals surface area contributed by atoms with Gasteiger partial charge in [0.05, 0.1) is 18.3 Å². The number of nitrogens with one attached hydrogen (secondary N) is 2. The Bertz CT molecular complexity index is 651. The molecule has 2 rings (SSSR count). The van der Waals surface area contributed by atoms with Crippen molar-refractivity contribution in [2.45, 2.75) is 39.8 Å². The van der Waals surface area contributed by atoms with Crippen LogP contribution in [0.1, 0.15) is 32.9 Å². The Morgan fingerprint density at radius 2 is 2.00 bits per heavy atom. The van der Waals surface area contributed by atoms with Gasteiger partial charge in [-0.25, -0.2) is 9.78 Å². The maximum atomic E-state index is 11.9. The minimum absolute atomic E-state index is 0.167. The van der Waals surface area contributed by atoms with Crippen LogP contribution in [-0.2, 0) is 6.54 Å². The van der Waals surface area contributed by atoms with Gasteiger partial charge in [0.2, 0.25) is 5.89 Å². The molecule has 3 N–H and O–H groups in total. The monoisotopic (exact) mass is 331 g/mol. The number of urea groups is 1. The van der Waals surface area contributed by atoms with Crippen LogP contribution in [0.3, 0.4) is 0 Å². The smallest absolute Gasteiger partial charge is 0.315 e. The van der Waals surface area contributed by atoms with E-state index in [1.165, 1.54) is 0 Å². The predicted molar refractivity (Wildman–Crippen MR) is 92.3 cm³/mol. The van der Waals surface area contributed by atoms with Gasteiger partial charge >= 0.3 is 6.03 Å². The summed E-state index contributed by atoms with van der Waals surface area (Å²) in [6.07, 6.45) is 1.77. The fraction of sp³-hybridized carbons (Fsp3) is 0.444. The molecule has 1 aromatic heterocycles. The fourth-order valence-electron chi connectivity index (χ4n) is 2.53. The van der Waals surface area contributed by atoms with Gasteiger partial charge in [-0.3, -0.25) is 0 Å². The van der Waals surface area contributed by atoms with Gasteiger partial charge in [-0.1, -0.05) is 32.0 Å². The molecular formula is C18H25N3O3. The molecule has 0 spiro atoms. The molecule has 0 bridgehead atoms. The summed E-state index contributed by atoms with van der Waals surface area (Å²) in [5.74, 6) is 0.533. The first kappa shape index (κ1) is 18.0. The minimum atomic E-state index is -0.392. The molecular weight excluding hydrogens is 306 g/mol. The molecule has 0 aliphatic carbocycles. The van der Waals surface area contributed by atoms with Gasteiger partial charge in [0, 0.05) is 12.1 Å².